The third-order valence-corrected chi connectivity index (χ3v) is 7.35. The molecule has 2 aromatic carbocycles. The molecule has 14 heteroatoms. The lowest BCUT2D eigenvalue weighted by molar-refractivity contribution is -0.137. The van der Waals surface area contributed by atoms with Crippen molar-refractivity contribution >= 4 is 46.5 Å². The maximum atomic E-state index is 13.5. The molecule has 0 aliphatic carbocycles. The Labute approximate surface area is 239 Å². The quantitative estimate of drug-likeness (QED) is 0.216. The van der Waals surface area contributed by atoms with Crippen molar-refractivity contribution in [1.29, 1.82) is 5.26 Å². The number of hydrazone groups is 1. The van der Waals surface area contributed by atoms with Gasteiger partial charge in [-0.3, -0.25) is 10.1 Å². The summed E-state index contributed by atoms with van der Waals surface area (Å²) in [7, 11) is 1.30. The standard InChI is InChI=1S/C26H26Cl2F3N7O2/c1-3-37(24(39)19-5-4-10-33-19)21-13-38(36-23(21)15-6-8-17(27)18(28)11-15)25(34-14-32)35-20-12-16(26(29,30)31)7-9-22(20)40-2/h6-9,11-12,19,21,33H,3-5,10,13H2,1-2H3,(H,34,35)/t19-,21?/m1/s1. The highest BCUT2D eigenvalue weighted by molar-refractivity contribution is 6.42. The Morgan fingerprint density at radius 3 is 2.67 bits per heavy atom. The number of halogens is 5. The average Bonchev–Trinajstić information content (AvgIpc) is 3.61. The van der Waals surface area contributed by atoms with Crippen LogP contribution in [0.15, 0.2) is 46.5 Å². The number of rotatable bonds is 6. The van der Waals surface area contributed by atoms with Crippen LogP contribution in [0.3, 0.4) is 0 Å². The topological polar surface area (TPSA) is 105 Å². The Hall–Kier alpha value is -3.53. The van der Waals surface area contributed by atoms with E-state index in [9.17, 15) is 23.2 Å². The average molecular weight is 596 g/mol. The van der Waals surface area contributed by atoms with E-state index in [0.717, 1.165) is 31.2 Å². The van der Waals surface area contributed by atoms with Crippen LogP contribution in [0.2, 0.25) is 10.0 Å². The van der Waals surface area contributed by atoms with Gasteiger partial charge >= 0.3 is 6.18 Å². The summed E-state index contributed by atoms with van der Waals surface area (Å²) < 4.78 is 45.5. The van der Waals surface area contributed by atoms with Crippen LogP contribution < -0.4 is 15.4 Å². The Morgan fingerprint density at radius 1 is 1.30 bits per heavy atom. The summed E-state index contributed by atoms with van der Waals surface area (Å²) >= 11 is 12.4. The van der Waals surface area contributed by atoms with Gasteiger partial charge in [-0.1, -0.05) is 29.3 Å². The van der Waals surface area contributed by atoms with E-state index < -0.39 is 17.8 Å². The number of nitrogens with zero attached hydrogens (tertiary/aromatic N) is 5. The molecule has 1 saturated heterocycles. The van der Waals surface area contributed by atoms with E-state index in [4.69, 9.17) is 27.9 Å². The Balaban J connectivity index is 1.79. The summed E-state index contributed by atoms with van der Waals surface area (Å²) in [5.41, 5.74) is -0.0615. The van der Waals surface area contributed by atoms with E-state index >= 15 is 0 Å². The molecule has 2 atom stereocenters. The van der Waals surface area contributed by atoms with Gasteiger partial charge in [-0.05, 0) is 56.6 Å². The molecule has 0 saturated carbocycles. The number of aliphatic imine (C=N–C) groups is 1. The second-order valence-corrected chi connectivity index (χ2v) is 9.86. The number of methoxy groups -OCH3 is 1. The Bertz CT molecular complexity index is 1370. The summed E-state index contributed by atoms with van der Waals surface area (Å²) in [5, 5.41) is 21.7. The van der Waals surface area contributed by atoms with E-state index in [1.165, 1.54) is 12.1 Å². The van der Waals surface area contributed by atoms with E-state index in [-0.39, 0.29) is 40.9 Å². The number of alkyl halides is 3. The highest BCUT2D eigenvalue weighted by Crippen LogP contribution is 2.37. The normalized spacial score (nSPS) is 19.3. The van der Waals surface area contributed by atoms with Crippen molar-refractivity contribution in [2.24, 2.45) is 10.1 Å². The summed E-state index contributed by atoms with van der Waals surface area (Å²) in [4.78, 5) is 19.5. The molecule has 9 nitrogen and oxygen atoms in total. The van der Waals surface area contributed by atoms with Crippen LogP contribution in [0.25, 0.3) is 0 Å². The molecule has 2 heterocycles. The molecular formula is C26H26Cl2F3N7O2. The first-order chi connectivity index (χ1) is 19.1. The van der Waals surface area contributed by atoms with Crippen LogP contribution >= 0.6 is 23.2 Å². The minimum atomic E-state index is -4.62. The number of likely N-dealkylation sites (N-methyl/N-ethyl adjacent to an activating group) is 1. The van der Waals surface area contributed by atoms with Crippen molar-refractivity contribution < 1.29 is 22.7 Å². The van der Waals surface area contributed by atoms with Crippen molar-refractivity contribution in [2.75, 3.05) is 26.7 Å². The van der Waals surface area contributed by atoms with Crippen molar-refractivity contribution in [3.63, 3.8) is 0 Å². The van der Waals surface area contributed by atoms with Gasteiger partial charge in [-0.15, -0.1) is 0 Å². The lowest BCUT2D eigenvalue weighted by atomic mass is 10.0. The molecule has 0 bridgehead atoms. The molecule has 40 heavy (non-hydrogen) atoms. The first-order valence-electron chi connectivity index (χ1n) is 12.4. The first-order valence-corrected chi connectivity index (χ1v) is 13.2. The lowest BCUT2D eigenvalue weighted by Gasteiger charge is -2.31. The van der Waals surface area contributed by atoms with Gasteiger partial charge in [0.2, 0.25) is 11.9 Å². The summed E-state index contributed by atoms with van der Waals surface area (Å²) in [5.74, 6) is -0.194. The van der Waals surface area contributed by atoms with Crippen LogP contribution in [0, 0.1) is 11.5 Å². The van der Waals surface area contributed by atoms with Gasteiger partial charge in [0.1, 0.15) is 11.4 Å². The zero-order valence-corrected chi connectivity index (χ0v) is 23.1. The van der Waals surface area contributed by atoms with E-state index in [1.54, 1.807) is 29.3 Å². The summed E-state index contributed by atoms with van der Waals surface area (Å²) in [6, 6.07) is 6.85. The molecule has 0 spiro atoms. The van der Waals surface area contributed by atoms with Crippen LogP contribution in [0.4, 0.5) is 18.9 Å². The number of guanidine groups is 1. The number of ether oxygens (including phenoxy) is 1. The van der Waals surface area contributed by atoms with Crippen LogP contribution in [-0.2, 0) is 11.0 Å². The third kappa shape index (κ3) is 6.27. The zero-order chi connectivity index (χ0) is 29.0. The lowest BCUT2D eigenvalue weighted by Crippen LogP contribution is -2.53. The van der Waals surface area contributed by atoms with Gasteiger partial charge in [-0.2, -0.15) is 23.5 Å². The predicted molar refractivity (Wildman–Crippen MR) is 146 cm³/mol. The number of benzene rings is 2. The Kier molecular flexibility index (Phi) is 9.08. The van der Waals surface area contributed by atoms with Gasteiger partial charge in [0.25, 0.3) is 0 Å². The second kappa shape index (κ2) is 12.3. The number of amides is 1. The fourth-order valence-electron chi connectivity index (χ4n) is 4.67. The highest BCUT2D eigenvalue weighted by atomic mass is 35.5. The molecule has 212 valence electrons. The van der Waals surface area contributed by atoms with Crippen molar-refractivity contribution in [1.82, 2.24) is 20.5 Å². The first kappa shape index (κ1) is 29.5. The van der Waals surface area contributed by atoms with Gasteiger partial charge in [0, 0.05) is 12.1 Å². The SMILES string of the molecule is CCN(C(=O)[C@H]1CCCN1)C1CN(C(=Nc2cc(C(F)(F)F)ccc2OC)NC#N)N=C1c1ccc(Cl)c(Cl)c1. The Morgan fingerprint density at radius 2 is 2.08 bits per heavy atom. The third-order valence-electron chi connectivity index (χ3n) is 6.61. The molecule has 1 fully saturated rings. The fraction of sp³-hybridized carbons (Fsp3) is 0.385. The van der Waals surface area contributed by atoms with Crippen LogP contribution in [0.1, 0.15) is 30.9 Å². The smallest absolute Gasteiger partial charge is 0.416 e. The van der Waals surface area contributed by atoms with Crippen LogP contribution in [0.5, 0.6) is 5.75 Å². The largest absolute Gasteiger partial charge is 0.494 e. The monoisotopic (exact) mass is 595 g/mol. The van der Waals surface area contributed by atoms with Gasteiger partial charge in [0.05, 0.1) is 47.1 Å². The van der Waals surface area contributed by atoms with Crippen molar-refractivity contribution in [2.45, 2.75) is 38.0 Å². The molecule has 2 aromatic rings. The molecule has 0 radical (unpaired) electrons. The number of nitriles is 1. The summed E-state index contributed by atoms with van der Waals surface area (Å²) in [6.45, 7) is 3.00. The van der Waals surface area contributed by atoms with E-state index in [0.29, 0.717) is 29.3 Å². The zero-order valence-electron chi connectivity index (χ0n) is 21.6. The molecule has 2 N–H and O–H groups in total. The maximum Gasteiger partial charge on any atom is 0.416 e. The molecule has 2 aliphatic rings. The maximum absolute atomic E-state index is 13.5. The van der Waals surface area contributed by atoms with E-state index in [1.807, 2.05) is 6.92 Å². The highest BCUT2D eigenvalue weighted by Gasteiger charge is 2.39. The van der Waals surface area contributed by atoms with Crippen molar-refractivity contribution in [3.05, 3.63) is 57.6 Å². The van der Waals surface area contributed by atoms with Gasteiger partial charge in [0.15, 0.2) is 6.19 Å². The van der Waals surface area contributed by atoms with Gasteiger partial charge < -0.3 is 15.0 Å². The minimum Gasteiger partial charge on any atom is -0.494 e. The number of nitrogens with one attached hydrogen (secondary N) is 2. The molecule has 1 unspecified atom stereocenters. The number of hydrogen-bond acceptors (Lipinski definition) is 6. The number of carbonyl (C=O) groups is 1. The second-order valence-electron chi connectivity index (χ2n) is 9.04. The molecular weight excluding hydrogens is 570 g/mol. The van der Waals surface area contributed by atoms with Crippen LogP contribution in [-0.4, -0.2) is 66.3 Å². The fourth-order valence-corrected chi connectivity index (χ4v) is 4.96. The van der Waals surface area contributed by atoms with Crippen molar-refractivity contribution in [3.8, 4) is 11.9 Å². The molecule has 1 amide bonds. The molecule has 4 rings (SSSR count). The predicted octanol–water partition coefficient (Wildman–Crippen LogP) is 4.77. The number of hydrogen-bond donors (Lipinski definition) is 2. The van der Waals surface area contributed by atoms with Gasteiger partial charge in [-0.25, -0.2) is 10.0 Å². The molecule has 2 aliphatic heterocycles. The minimum absolute atomic E-state index is 0.0624. The number of carbonyl (C=O) groups excluding carboxylic acids is 1. The summed E-state index contributed by atoms with van der Waals surface area (Å²) in [6.07, 6.45) is -1.28. The van der Waals surface area contributed by atoms with E-state index in [2.05, 4.69) is 20.7 Å². The molecule has 0 aromatic heterocycles.